The Kier molecular flexibility index (Phi) is 4.73. The fraction of sp³-hybridized carbons (Fsp3) is 0.500. The summed E-state index contributed by atoms with van der Waals surface area (Å²) in [4.78, 5) is 12.0. The third kappa shape index (κ3) is 3.82. The molecule has 1 aromatic rings. The average Bonchev–Trinajstić information content (AvgIpc) is 2.41. The van der Waals surface area contributed by atoms with Crippen molar-refractivity contribution in [2.24, 2.45) is 5.73 Å². The molecule has 4 N–H and O–H groups in total. The molecule has 18 heavy (non-hydrogen) atoms. The summed E-state index contributed by atoms with van der Waals surface area (Å²) in [6, 6.07) is 9.64. The highest BCUT2D eigenvalue weighted by atomic mass is 16.2. The molecule has 0 radical (unpaired) electrons. The normalized spacial score (nSPS) is 21.3. The van der Waals surface area contributed by atoms with Crippen molar-refractivity contribution < 1.29 is 4.79 Å². The van der Waals surface area contributed by atoms with E-state index >= 15 is 0 Å². The first-order chi connectivity index (χ1) is 8.75. The van der Waals surface area contributed by atoms with E-state index in [1.165, 1.54) is 0 Å². The first kappa shape index (κ1) is 13.1. The predicted molar refractivity (Wildman–Crippen MR) is 72.2 cm³/mol. The number of piperidine rings is 1. The van der Waals surface area contributed by atoms with Gasteiger partial charge in [-0.1, -0.05) is 30.3 Å². The van der Waals surface area contributed by atoms with E-state index < -0.39 is 6.04 Å². The van der Waals surface area contributed by atoms with Gasteiger partial charge in [0.05, 0.1) is 6.04 Å². The maximum Gasteiger partial charge on any atom is 0.237 e. The minimum atomic E-state index is -0.464. The van der Waals surface area contributed by atoms with Gasteiger partial charge >= 0.3 is 0 Å². The van der Waals surface area contributed by atoms with Gasteiger partial charge in [0.25, 0.3) is 0 Å². The smallest absolute Gasteiger partial charge is 0.237 e. The summed E-state index contributed by atoms with van der Waals surface area (Å²) in [5.41, 5.74) is 7.03. The lowest BCUT2D eigenvalue weighted by Gasteiger charge is -2.25. The van der Waals surface area contributed by atoms with E-state index in [1.807, 2.05) is 30.3 Å². The largest absolute Gasteiger partial charge is 0.351 e. The van der Waals surface area contributed by atoms with Gasteiger partial charge in [-0.15, -0.1) is 0 Å². The van der Waals surface area contributed by atoms with E-state index in [0.29, 0.717) is 6.42 Å². The lowest BCUT2D eigenvalue weighted by atomic mass is 10.0. The monoisotopic (exact) mass is 247 g/mol. The topological polar surface area (TPSA) is 67.2 Å². The van der Waals surface area contributed by atoms with Crippen molar-refractivity contribution in [1.29, 1.82) is 0 Å². The minimum absolute atomic E-state index is 0.0486. The third-order valence-corrected chi connectivity index (χ3v) is 3.28. The zero-order chi connectivity index (χ0) is 12.8. The number of carbonyl (C=O) groups is 1. The van der Waals surface area contributed by atoms with Crippen molar-refractivity contribution in [3.63, 3.8) is 0 Å². The van der Waals surface area contributed by atoms with Crippen molar-refractivity contribution >= 4 is 5.91 Å². The summed E-state index contributed by atoms with van der Waals surface area (Å²) in [6.07, 6.45) is 2.74. The predicted octanol–water partition coefficient (Wildman–Crippen LogP) is 0.425. The van der Waals surface area contributed by atoms with Crippen LogP contribution in [0, 0.1) is 0 Å². The summed E-state index contributed by atoms with van der Waals surface area (Å²) in [5, 5.41) is 6.29. The Balaban J connectivity index is 1.81. The number of rotatable bonds is 4. The first-order valence-electron chi connectivity index (χ1n) is 6.56. The molecule has 4 heteroatoms. The number of amides is 1. The molecule has 1 saturated heterocycles. The molecule has 0 aromatic heterocycles. The molecule has 1 fully saturated rings. The molecule has 98 valence electrons. The van der Waals surface area contributed by atoms with Gasteiger partial charge in [-0.25, -0.2) is 0 Å². The van der Waals surface area contributed by atoms with Crippen LogP contribution in [0.3, 0.4) is 0 Å². The quantitative estimate of drug-likeness (QED) is 0.722. The number of nitrogens with two attached hydrogens (primary N) is 1. The van der Waals surface area contributed by atoms with Crippen molar-refractivity contribution in [3.05, 3.63) is 35.9 Å². The van der Waals surface area contributed by atoms with Crippen LogP contribution in [0.4, 0.5) is 0 Å². The Morgan fingerprint density at radius 1 is 1.44 bits per heavy atom. The highest BCUT2D eigenvalue weighted by molar-refractivity contribution is 5.82. The van der Waals surface area contributed by atoms with E-state index in [4.69, 9.17) is 5.73 Å². The van der Waals surface area contributed by atoms with Crippen molar-refractivity contribution in [2.75, 3.05) is 13.1 Å². The molecule has 0 aliphatic carbocycles. The lowest BCUT2D eigenvalue weighted by molar-refractivity contribution is -0.123. The Morgan fingerprint density at radius 3 is 2.89 bits per heavy atom. The summed E-state index contributed by atoms with van der Waals surface area (Å²) in [7, 11) is 0. The van der Waals surface area contributed by atoms with Crippen molar-refractivity contribution in [1.82, 2.24) is 10.6 Å². The maximum atomic E-state index is 12.0. The number of nitrogens with one attached hydrogen (secondary N) is 2. The molecule has 0 spiro atoms. The Hall–Kier alpha value is -1.39. The molecule has 1 aliphatic heterocycles. The van der Waals surface area contributed by atoms with Crippen LogP contribution in [0.15, 0.2) is 30.3 Å². The summed E-state index contributed by atoms with van der Waals surface area (Å²) in [5.74, 6) is -0.0486. The second-order valence-corrected chi connectivity index (χ2v) is 4.85. The van der Waals surface area contributed by atoms with Crippen molar-refractivity contribution in [2.45, 2.75) is 31.3 Å². The van der Waals surface area contributed by atoms with Crippen LogP contribution in [0.1, 0.15) is 18.4 Å². The fourth-order valence-electron chi connectivity index (χ4n) is 2.24. The average molecular weight is 247 g/mol. The first-order valence-corrected chi connectivity index (χ1v) is 6.56. The molecule has 1 heterocycles. The molecule has 2 rings (SSSR count). The van der Waals surface area contributed by atoms with E-state index in [1.54, 1.807) is 0 Å². The van der Waals surface area contributed by atoms with E-state index in [2.05, 4.69) is 10.6 Å². The maximum absolute atomic E-state index is 12.0. The molecule has 1 amide bonds. The van der Waals surface area contributed by atoms with Gasteiger partial charge < -0.3 is 16.4 Å². The van der Waals surface area contributed by atoms with Gasteiger partial charge in [-0.05, 0) is 31.4 Å². The highest BCUT2D eigenvalue weighted by Gasteiger charge is 2.19. The molecule has 0 saturated carbocycles. The second-order valence-electron chi connectivity index (χ2n) is 4.85. The molecule has 0 unspecified atom stereocenters. The molecule has 1 aromatic carbocycles. The van der Waals surface area contributed by atoms with Crippen LogP contribution in [-0.2, 0) is 11.2 Å². The van der Waals surface area contributed by atoms with Gasteiger partial charge in [-0.2, -0.15) is 0 Å². The second kappa shape index (κ2) is 6.52. The molecule has 2 atom stereocenters. The zero-order valence-corrected chi connectivity index (χ0v) is 10.6. The Morgan fingerprint density at radius 2 is 2.22 bits per heavy atom. The molecule has 4 nitrogen and oxygen atoms in total. The van der Waals surface area contributed by atoms with Gasteiger partial charge in [0.15, 0.2) is 0 Å². The van der Waals surface area contributed by atoms with Crippen LogP contribution in [0.25, 0.3) is 0 Å². The van der Waals surface area contributed by atoms with Gasteiger partial charge in [-0.3, -0.25) is 4.79 Å². The van der Waals surface area contributed by atoms with Gasteiger partial charge in [0.2, 0.25) is 5.91 Å². The Labute approximate surface area is 108 Å². The van der Waals surface area contributed by atoms with Gasteiger partial charge in [0.1, 0.15) is 0 Å². The lowest BCUT2D eigenvalue weighted by Crippen LogP contribution is -2.51. The van der Waals surface area contributed by atoms with Crippen LogP contribution >= 0.6 is 0 Å². The summed E-state index contributed by atoms with van der Waals surface area (Å²) in [6.45, 7) is 1.90. The number of hydrogen-bond acceptors (Lipinski definition) is 3. The number of benzene rings is 1. The minimum Gasteiger partial charge on any atom is -0.351 e. The summed E-state index contributed by atoms with van der Waals surface area (Å²) >= 11 is 0. The molecular weight excluding hydrogens is 226 g/mol. The van der Waals surface area contributed by atoms with Crippen LogP contribution in [-0.4, -0.2) is 31.1 Å². The molecular formula is C14H21N3O. The summed E-state index contributed by atoms with van der Waals surface area (Å²) < 4.78 is 0. The van der Waals surface area contributed by atoms with Crippen LogP contribution in [0.2, 0.25) is 0 Å². The van der Waals surface area contributed by atoms with Crippen LogP contribution < -0.4 is 16.4 Å². The van der Waals surface area contributed by atoms with E-state index in [0.717, 1.165) is 31.5 Å². The van der Waals surface area contributed by atoms with Gasteiger partial charge in [0, 0.05) is 12.6 Å². The third-order valence-electron chi connectivity index (χ3n) is 3.28. The standard InChI is InChI=1S/C14H21N3O/c15-13(9-11-5-2-1-3-6-11)14(18)17-12-7-4-8-16-10-12/h1-3,5-6,12-13,16H,4,7-10,15H2,(H,17,18)/t12-,13+/m1/s1. The SMILES string of the molecule is N[C@@H](Cc1ccccc1)C(=O)N[C@@H]1CCCNC1. The highest BCUT2D eigenvalue weighted by Crippen LogP contribution is 2.04. The number of hydrogen-bond donors (Lipinski definition) is 3. The van der Waals surface area contributed by atoms with E-state index in [-0.39, 0.29) is 11.9 Å². The molecule has 1 aliphatic rings. The molecule has 0 bridgehead atoms. The Bertz CT molecular complexity index is 374. The van der Waals surface area contributed by atoms with Crippen LogP contribution in [0.5, 0.6) is 0 Å². The zero-order valence-electron chi connectivity index (χ0n) is 10.6. The van der Waals surface area contributed by atoms with Crippen molar-refractivity contribution in [3.8, 4) is 0 Å². The fourth-order valence-corrected chi connectivity index (χ4v) is 2.24. The number of carbonyl (C=O) groups excluding carboxylic acids is 1. The van der Waals surface area contributed by atoms with E-state index in [9.17, 15) is 4.79 Å².